The average molecular weight is 337 g/mol. The Morgan fingerprint density at radius 3 is 1.95 bits per heavy atom. The van der Waals surface area contributed by atoms with Crippen LogP contribution in [-0.2, 0) is 0 Å². The second-order valence-corrected chi connectivity index (χ2v) is 8.16. The molecule has 0 N–H and O–H groups in total. The summed E-state index contributed by atoms with van der Waals surface area (Å²) in [5, 5.41) is -1.06. The molecule has 0 nitrogen and oxygen atoms in total. The molecule has 0 aliphatic heterocycles. The summed E-state index contributed by atoms with van der Waals surface area (Å²) in [6.45, 7) is 1.63. The number of aryl methyl sites for hydroxylation is 1. The minimum Gasteiger partial charge on any atom is -0.117 e. The van der Waals surface area contributed by atoms with Gasteiger partial charge in [0.25, 0.3) is 0 Å². The number of hydrogen-bond donors (Lipinski definition) is 0. The fraction of sp³-hybridized carbons (Fsp3) is 0.0667. The number of hydrogen-bond acceptors (Lipinski definition) is 0. The zero-order valence-corrected chi connectivity index (χ0v) is 12.6. The van der Waals surface area contributed by atoms with Crippen LogP contribution in [0.5, 0.6) is 0 Å². The second kappa shape index (κ2) is 4.52. The maximum atomic E-state index is 14.2. The van der Waals surface area contributed by atoms with E-state index in [1.807, 2.05) is 0 Å². The normalized spacial score (nSPS) is 16.2. The summed E-state index contributed by atoms with van der Waals surface area (Å²) in [5.74, 6) is 0. The van der Waals surface area contributed by atoms with Gasteiger partial charge in [-0.3, -0.25) is 0 Å². The van der Waals surface area contributed by atoms with E-state index in [0.717, 1.165) is 12.1 Å². The van der Waals surface area contributed by atoms with Crippen LogP contribution < -0.4 is 0 Å². The van der Waals surface area contributed by atoms with E-state index in [1.165, 1.54) is 36.4 Å². The Morgan fingerprint density at radius 2 is 1.43 bits per heavy atom. The molecule has 0 fully saturated rings. The van der Waals surface area contributed by atoms with Crippen molar-refractivity contribution in [2.24, 2.45) is 0 Å². The molecule has 0 radical (unpaired) electrons. The summed E-state index contributed by atoms with van der Waals surface area (Å²) in [7, 11) is -8.57. The molecule has 2 aromatic carbocycles. The molecule has 0 saturated carbocycles. The molecule has 0 aromatic heterocycles. The lowest BCUT2D eigenvalue weighted by Gasteiger charge is -2.47. The van der Waals surface area contributed by atoms with Crippen LogP contribution in [-0.4, -0.2) is 0 Å². The molecular formula is C15H13ClF4S. The van der Waals surface area contributed by atoms with Gasteiger partial charge >= 0.3 is 0 Å². The van der Waals surface area contributed by atoms with E-state index in [9.17, 15) is 15.5 Å². The Balaban J connectivity index is 2.59. The van der Waals surface area contributed by atoms with Crippen molar-refractivity contribution >= 4 is 26.5 Å². The molecular weight excluding hydrogens is 324 g/mol. The van der Waals surface area contributed by atoms with Crippen LogP contribution in [0.15, 0.2) is 64.9 Å². The molecule has 2 aromatic rings. The summed E-state index contributed by atoms with van der Waals surface area (Å²) in [4.78, 5) is -1.31. The fourth-order valence-corrected chi connectivity index (χ4v) is 3.82. The van der Waals surface area contributed by atoms with Gasteiger partial charge < -0.3 is 0 Å². The van der Waals surface area contributed by atoms with Crippen LogP contribution in [0.3, 0.4) is 0 Å². The maximum absolute atomic E-state index is 14.2. The van der Waals surface area contributed by atoms with E-state index in [0.29, 0.717) is 5.56 Å². The minimum absolute atomic E-state index is 0.113. The van der Waals surface area contributed by atoms with Crippen molar-refractivity contribution < 1.29 is 15.5 Å². The van der Waals surface area contributed by atoms with Crippen molar-refractivity contribution in [3.8, 4) is 0 Å². The second-order valence-electron chi connectivity index (χ2n) is 4.78. The summed E-state index contributed by atoms with van der Waals surface area (Å²) in [6.07, 6.45) is 0. The van der Waals surface area contributed by atoms with Crippen molar-refractivity contribution in [1.29, 1.82) is 0 Å². The molecule has 0 spiro atoms. The Bertz CT molecular complexity index is 687. The van der Waals surface area contributed by atoms with E-state index in [2.05, 4.69) is 0 Å². The topological polar surface area (TPSA) is 0 Å². The lowest BCUT2D eigenvalue weighted by Crippen LogP contribution is -2.10. The van der Waals surface area contributed by atoms with Gasteiger partial charge in [-0.2, -0.15) is 0 Å². The summed E-state index contributed by atoms with van der Waals surface area (Å²) >= 11 is 5.68. The van der Waals surface area contributed by atoms with Crippen LogP contribution in [0, 0.1) is 6.92 Å². The molecule has 21 heavy (non-hydrogen) atoms. The van der Waals surface area contributed by atoms with Gasteiger partial charge in [0, 0.05) is 0 Å². The van der Waals surface area contributed by atoms with Gasteiger partial charge in [-0.1, -0.05) is 59.6 Å². The van der Waals surface area contributed by atoms with E-state index in [4.69, 9.17) is 11.6 Å². The zero-order valence-electron chi connectivity index (χ0n) is 11.1. The van der Waals surface area contributed by atoms with Crippen LogP contribution in [0.2, 0.25) is 0 Å². The predicted molar refractivity (Wildman–Crippen MR) is 81.7 cm³/mol. The van der Waals surface area contributed by atoms with Crippen molar-refractivity contribution in [3.63, 3.8) is 0 Å². The number of rotatable bonds is 3. The monoisotopic (exact) mass is 336 g/mol. The maximum Gasteiger partial charge on any atom is 0.205 e. The van der Waals surface area contributed by atoms with Gasteiger partial charge in [-0.25, -0.2) is 0 Å². The molecule has 0 unspecified atom stereocenters. The lowest BCUT2D eigenvalue weighted by atomic mass is 10.2. The Hall–Kier alpha value is -1.46. The van der Waals surface area contributed by atoms with E-state index < -0.39 is 19.8 Å². The molecule has 6 heteroatoms. The first kappa shape index (κ1) is 15.9. The summed E-state index contributed by atoms with van der Waals surface area (Å²) in [6, 6.07) is 11.4. The highest BCUT2D eigenvalue weighted by Crippen LogP contribution is 3.02. The average Bonchev–Trinajstić information content (AvgIpc) is 2.38. The van der Waals surface area contributed by atoms with Crippen molar-refractivity contribution in [2.45, 2.75) is 11.8 Å². The first-order chi connectivity index (χ1) is 9.50. The highest BCUT2D eigenvalue weighted by atomic mass is 35.5. The molecule has 0 aliphatic carbocycles. The first-order valence-electron chi connectivity index (χ1n) is 6.02. The van der Waals surface area contributed by atoms with Crippen LogP contribution in [0.25, 0.3) is 5.03 Å². The van der Waals surface area contributed by atoms with Gasteiger partial charge in [0.1, 0.15) is 0 Å². The lowest BCUT2D eigenvalue weighted by molar-refractivity contribution is 0.466. The highest BCUT2D eigenvalue weighted by molar-refractivity contribution is 8.52. The predicted octanol–water partition coefficient (Wildman–Crippen LogP) is 7.01. The Labute approximate surface area is 125 Å². The van der Waals surface area contributed by atoms with Crippen molar-refractivity contribution in [2.75, 3.05) is 0 Å². The summed E-state index contributed by atoms with van der Waals surface area (Å²) < 4.78 is 56.9. The summed E-state index contributed by atoms with van der Waals surface area (Å²) in [5.41, 5.74) is 0.729. The van der Waals surface area contributed by atoms with Crippen molar-refractivity contribution in [3.05, 3.63) is 71.1 Å². The third-order valence-electron chi connectivity index (χ3n) is 2.90. The van der Waals surface area contributed by atoms with Gasteiger partial charge in [-0.05, 0) is 24.6 Å². The van der Waals surface area contributed by atoms with Gasteiger partial charge in [-0.15, -0.1) is 15.5 Å². The van der Waals surface area contributed by atoms with Crippen LogP contribution in [0.1, 0.15) is 11.1 Å². The SMILES string of the molecule is Cc1ccc(S(F)(F)(F)(F)C=C(Cl)c2ccccc2)cc1. The molecule has 0 bridgehead atoms. The van der Waals surface area contributed by atoms with Gasteiger partial charge in [0.05, 0.1) is 15.3 Å². The molecule has 0 atom stereocenters. The van der Waals surface area contributed by atoms with E-state index >= 15 is 0 Å². The third kappa shape index (κ3) is 3.60. The zero-order chi connectivity index (χ0) is 15.8. The van der Waals surface area contributed by atoms with Gasteiger partial charge in [0.2, 0.25) is 9.84 Å². The smallest absolute Gasteiger partial charge is 0.117 e. The quantitative estimate of drug-likeness (QED) is 0.529. The molecule has 0 heterocycles. The van der Waals surface area contributed by atoms with Crippen molar-refractivity contribution in [1.82, 2.24) is 0 Å². The van der Waals surface area contributed by atoms with Crippen LogP contribution in [0.4, 0.5) is 15.5 Å². The standard InChI is InChI=1S/C15H13ClF4S/c1-12-7-9-14(10-8-12)21(17,18,19,20)11-15(16)13-5-3-2-4-6-13/h2-11H,1H3. The largest absolute Gasteiger partial charge is 0.205 e. The van der Waals surface area contributed by atoms with E-state index in [-0.39, 0.29) is 11.0 Å². The Morgan fingerprint density at radius 1 is 0.905 bits per heavy atom. The Kier molecular flexibility index (Phi) is 3.42. The van der Waals surface area contributed by atoms with Gasteiger partial charge in [0.15, 0.2) is 0 Å². The molecule has 2 rings (SSSR count). The first-order valence-corrected chi connectivity index (χ1v) is 8.51. The fourth-order valence-electron chi connectivity index (χ4n) is 1.76. The number of benzene rings is 2. The van der Waals surface area contributed by atoms with Crippen LogP contribution >= 0.6 is 21.4 Å². The molecule has 0 amide bonds. The highest BCUT2D eigenvalue weighted by Gasteiger charge is 2.62. The third-order valence-corrected chi connectivity index (χ3v) is 5.33. The molecule has 0 saturated heterocycles. The number of halogens is 5. The minimum atomic E-state index is -8.57. The van der Waals surface area contributed by atoms with E-state index in [1.54, 1.807) is 13.0 Å². The molecule has 114 valence electrons. The molecule has 0 aliphatic rings.